The van der Waals surface area contributed by atoms with Crippen molar-refractivity contribution in [2.45, 2.75) is 135 Å². The smallest absolute Gasteiger partial charge is 0.549 e. The van der Waals surface area contributed by atoms with Crippen LogP contribution in [0.2, 0.25) is 0 Å². The number of unbranched alkanes of at least 4 members (excludes halogenated alkanes) is 19. The molecule has 0 aromatic carbocycles. The van der Waals surface area contributed by atoms with Gasteiger partial charge in [-0.25, -0.2) is 0 Å². The van der Waals surface area contributed by atoms with Gasteiger partial charge in [0.1, 0.15) is 0 Å². The van der Waals surface area contributed by atoms with Crippen LogP contribution >= 0.6 is 11.8 Å². The Hall–Kier alpha value is 0.560. The summed E-state index contributed by atoms with van der Waals surface area (Å²) >= 11 is 1.49. The summed E-state index contributed by atoms with van der Waals surface area (Å²) in [5.74, 6) is 0.180. The molecule has 0 aromatic heterocycles. The Bertz CT molecular complexity index is 300. The van der Waals surface area contributed by atoms with E-state index in [0.717, 1.165) is 12.2 Å². The van der Waals surface area contributed by atoms with Crippen LogP contribution in [0, 0.1) is 0 Å². The average molecular weight is 508 g/mol. The first-order chi connectivity index (χ1) is 13.3. The second-order valence-corrected chi connectivity index (χ2v) is 9.25. The minimum Gasteiger partial charge on any atom is -0.549 e. The van der Waals surface area contributed by atoms with E-state index in [9.17, 15) is 9.90 Å². The minimum absolute atomic E-state index is 0. The Labute approximate surface area is 196 Å². The summed E-state index contributed by atoms with van der Waals surface area (Å²) in [6, 6.07) is 0. The number of carboxylic acid groups (broad SMARTS) is 1. The van der Waals surface area contributed by atoms with Gasteiger partial charge in [-0.15, -0.1) is 0 Å². The second kappa shape index (κ2) is 27.6. The second-order valence-electron chi connectivity index (χ2n) is 8.14. The third kappa shape index (κ3) is 28.8. The number of thioether (sulfide) groups is 1. The quantitative estimate of drug-likeness (QED) is 0.108. The van der Waals surface area contributed by atoms with Gasteiger partial charge in [-0.1, -0.05) is 129 Å². The summed E-state index contributed by atoms with van der Waals surface area (Å²) in [5.41, 5.74) is 0. The zero-order chi connectivity index (χ0) is 19.8. The molecule has 28 heavy (non-hydrogen) atoms. The molecule has 0 amide bonds. The van der Waals surface area contributed by atoms with Crippen LogP contribution in [0.15, 0.2) is 0 Å². The van der Waals surface area contributed by atoms with E-state index in [1.165, 1.54) is 134 Å². The van der Waals surface area contributed by atoms with Crippen LogP contribution in [0.3, 0.4) is 0 Å². The number of hydrogen-bond acceptors (Lipinski definition) is 3. The van der Waals surface area contributed by atoms with Gasteiger partial charge >= 0.3 is 22.4 Å². The molecule has 0 aliphatic heterocycles. The Morgan fingerprint density at radius 1 is 0.571 bits per heavy atom. The molecule has 0 bridgehead atoms. The van der Waals surface area contributed by atoms with Crippen LogP contribution in [0.25, 0.3) is 0 Å². The van der Waals surface area contributed by atoms with Gasteiger partial charge in [0.15, 0.2) is 0 Å². The van der Waals surface area contributed by atoms with E-state index in [-0.39, 0.29) is 28.1 Å². The molecule has 0 atom stereocenters. The van der Waals surface area contributed by atoms with Gasteiger partial charge in [0.25, 0.3) is 0 Å². The molecule has 0 aliphatic rings. The molecule has 0 heterocycles. The molecule has 0 aliphatic carbocycles. The van der Waals surface area contributed by atoms with Crippen LogP contribution in [0.1, 0.15) is 135 Å². The van der Waals surface area contributed by atoms with Crippen molar-refractivity contribution < 1.29 is 32.3 Å². The van der Waals surface area contributed by atoms with E-state index in [2.05, 4.69) is 6.92 Å². The van der Waals surface area contributed by atoms with Crippen molar-refractivity contribution in [3.8, 4) is 0 Å². The van der Waals surface area contributed by atoms with E-state index in [4.69, 9.17) is 0 Å². The van der Waals surface area contributed by atoms with Crippen molar-refractivity contribution in [1.29, 1.82) is 0 Å². The molecule has 4 heteroatoms. The van der Waals surface area contributed by atoms with Crippen molar-refractivity contribution in [2.24, 2.45) is 0 Å². The van der Waals surface area contributed by atoms with Gasteiger partial charge < -0.3 is 9.90 Å². The molecular weight excluding hydrogens is 460 g/mol. The van der Waals surface area contributed by atoms with Crippen molar-refractivity contribution in [3.05, 3.63) is 0 Å². The third-order valence-electron chi connectivity index (χ3n) is 5.36. The SMILES string of the molecule is CCCCCCCCCCCCCCCCCCCCCCSCC(=O)[O-].[Ag+]. The zero-order valence-corrected chi connectivity index (χ0v) is 20.9. The topological polar surface area (TPSA) is 40.1 Å². The summed E-state index contributed by atoms with van der Waals surface area (Å²) in [6.45, 7) is 2.29. The monoisotopic (exact) mass is 506 g/mol. The van der Waals surface area contributed by atoms with Gasteiger partial charge in [-0.05, 0) is 12.2 Å². The molecule has 0 radical (unpaired) electrons. The van der Waals surface area contributed by atoms with Crippen LogP contribution in [0.4, 0.5) is 0 Å². The molecule has 0 rings (SSSR count). The number of carbonyl (C=O) groups excluding carboxylic acids is 1. The van der Waals surface area contributed by atoms with Crippen LogP contribution < -0.4 is 5.11 Å². The molecule has 0 saturated heterocycles. The number of carboxylic acids is 1. The van der Waals surface area contributed by atoms with Gasteiger partial charge in [-0.3, -0.25) is 0 Å². The Morgan fingerprint density at radius 3 is 1.14 bits per heavy atom. The molecule has 0 aromatic rings. The van der Waals surface area contributed by atoms with Gasteiger partial charge in [0.05, 0.1) is 5.97 Å². The van der Waals surface area contributed by atoms with E-state index in [1.807, 2.05) is 0 Å². The van der Waals surface area contributed by atoms with E-state index in [1.54, 1.807) is 0 Å². The normalized spacial score (nSPS) is 10.8. The molecule has 2 nitrogen and oxygen atoms in total. The van der Waals surface area contributed by atoms with Gasteiger partial charge in [-0.2, -0.15) is 11.8 Å². The maximum absolute atomic E-state index is 10.3. The molecule has 0 N–H and O–H groups in total. The number of hydrogen-bond donors (Lipinski definition) is 0. The van der Waals surface area contributed by atoms with Gasteiger partial charge in [0, 0.05) is 5.75 Å². The standard InChI is InChI=1S/C24H48O2S.Ag/c1-2-3-4-5-6-7-8-9-10-11-12-13-14-15-16-17-18-19-20-21-22-27-23-24(25)26;/h2-23H2,1H3,(H,25,26);/q;+1/p-1. The maximum Gasteiger partial charge on any atom is 1.00 e. The van der Waals surface area contributed by atoms with E-state index < -0.39 is 5.97 Å². The van der Waals surface area contributed by atoms with Crippen molar-refractivity contribution in [3.63, 3.8) is 0 Å². The predicted octanol–water partition coefficient (Wildman–Crippen LogP) is 7.29. The van der Waals surface area contributed by atoms with Crippen molar-refractivity contribution in [2.75, 3.05) is 11.5 Å². The fourth-order valence-electron chi connectivity index (χ4n) is 3.61. The molecule has 172 valence electrons. The van der Waals surface area contributed by atoms with Crippen molar-refractivity contribution >= 4 is 17.7 Å². The molecule has 0 unspecified atom stereocenters. The molecule has 0 saturated carbocycles. The molecule has 0 fully saturated rings. The fourth-order valence-corrected chi connectivity index (χ4v) is 4.33. The van der Waals surface area contributed by atoms with Crippen LogP contribution in [0.5, 0.6) is 0 Å². The third-order valence-corrected chi connectivity index (χ3v) is 6.38. The average Bonchev–Trinajstić information content (AvgIpc) is 2.65. The zero-order valence-electron chi connectivity index (χ0n) is 18.6. The molecule has 0 spiro atoms. The first-order valence-corrected chi connectivity index (χ1v) is 13.2. The summed E-state index contributed by atoms with van der Waals surface area (Å²) in [7, 11) is 0. The summed E-state index contributed by atoms with van der Waals surface area (Å²) in [4.78, 5) is 10.3. The first-order valence-electron chi connectivity index (χ1n) is 12.0. The Morgan fingerprint density at radius 2 is 0.857 bits per heavy atom. The fraction of sp³-hybridized carbons (Fsp3) is 0.958. The summed E-state index contributed by atoms with van der Waals surface area (Å²) in [6.07, 6.45) is 28.0. The summed E-state index contributed by atoms with van der Waals surface area (Å²) < 4.78 is 0. The molecular formula is C24H47AgO2S. The maximum atomic E-state index is 10.3. The Kier molecular flexibility index (Phi) is 30.3. The van der Waals surface area contributed by atoms with Crippen LogP contribution in [-0.4, -0.2) is 17.5 Å². The predicted molar refractivity (Wildman–Crippen MR) is 120 cm³/mol. The van der Waals surface area contributed by atoms with Gasteiger partial charge in [0.2, 0.25) is 0 Å². The number of aliphatic carboxylic acids is 1. The van der Waals surface area contributed by atoms with Crippen LogP contribution in [-0.2, 0) is 27.2 Å². The van der Waals surface area contributed by atoms with E-state index in [0.29, 0.717) is 0 Å². The minimum atomic E-state index is -0.937. The number of carbonyl (C=O) groups is 1. The largest absolute Gasteiger partial charge is 1.00 e. The first kappa shape index (κ1) is 30.8. The summed E-state index contributed by atoms with van der Waals surface area (Å²) in [5, 5.41) is 10.3. The Balaban J connectivity index is 0. The number of rotatable bonds is 23. The van der Waals surface area contributed by atoms with E-state index >= 15 is 0 Å². The van der Waals surface area contributed by atoms with Crippen molar-refractivity contribution in [1.82, 2.24) is 0 Å².